The van der Waals surface area contributed by atoms with Crippen LogP contribution in [0.2, 0.25) is 5.02 Å². The van der Waals surface area contributed by atoms with Crippen LogP contribution in [0.15, 0.2) is 72.8 Å². The van der Waals surface area contributed by atoms with Crippen molar-refractivity contribution < 1.29 is 14.5 Å². The molecule has 0 saturated carbocycles. The minimum absolute atomic E-state index is 0.0315. The standard InChI is InChI=1S/C26H24ClN3O4/c27-23-17-20(30(33)34)10-11-21(23)25(31)28-24-9-5-4-8-22(24)26(32)29-14-12-19(13-15-29)16-18-6-2-1-3-7-18/h1-11,17,19H,12-16H2,(H,28,31). The number of benzene rings is 3. The molecule has 1 saturated heterocycles. The van der Waals surface area contributed by atoms with Gasteiger partial charge < -0.3 is 10.2 Å². The number of para-hydroxylation sites is 1. The van der Waals surface area contributed by atoms with E-state index in [1.54, 1.807) is 24.3 Å². The lowest BCUT2D eigenvalue weighted by Gasteiger charge is -2.32. The SMILES string of the molecule is O=C(Nc1ccccc1C(=O)N1CCC(Cc2ccccc2)CC1)c1ccc([N+](=O)[O-])cc1Cl. The topological polar surface area (TPSA) is 92.6 Å². The zero-order chi connectivity index (χ0) is 24.1. The third-order valence-electron chi connectivity index (χ3n) is 6.08. The molecule has 0 bridgehead atoms. The Kier molecular flexibility index (Phi) is 7.23. The van der Waals surface area contributed by atoms with Gasteiger partial charge in [0.1, 0.15) is 0 Å². The van der Waals surface area contributed by atoms with E-state index in [9.17, 15) is 19.7 Å². The van der Waals surface area contributed by atoms with Gasteiger partial charge in [-0.1, -0.05) is 54.1 Å². The van der Waals surface area contributed by atoms with Gasteiger partial charge in [-0.15, -0.1) is 0 Å². The molecule has 4 rings (SSSR count). The minimum Gasteiger partial charge on any atom is -0.339 e. The summed E-state index contributed by atoms with van der Waals surface area (Å²) in [7, 11) is 0. The second-order valence-electron chi connectivity index (χ2n) is 8.35. The molecule has 2 amide bonds. The number of nitrogens with zero attached hydrogens (tertiary/aromatic N) is 2. The van der Waals surface area contributed by atoms with Gasteiger partial charge in [-0.2, -0.15) is 0 Å². The molecule has 7 nitrogen and oxygen atoms in total. The van der Waals surface area contributed by atoms with Crippen LogP contribution in [-0.2, 0) is 6.42 Å². The van der Waals surface area contributed by atoms with Crippen molar-refractivity contribution in [3.8, 4) is 0 Å². The highest BCUT2D eigenvalue weighted by Gasteiger charge is 2.26. The van der Waals surface area contributed by atoms with Crippen molar-refractivity contribution in [1.29, 1.82) is 0 Å². The first-order valence-electron chi connectivity index (χ1n) is 11.1. The van der Waals surface area contributed by atoms with Crippen LogP contribution in [0.4, 0.5) is 11.4 Å². The van der Waals surface area contributed by atoms with Crippen molar-refractivity contribution in [3.63, 3.8) is 0 Å². The molecule has 1 heterocycles. The van der Waals surface area contributed by atoms with Crippen molar-refractivity contribution in [2.24, 2.45) is 5.92 Å². The van der Waals surface area contributed by atoms with Gasteiger partial charge >= 0.3 is 0 Å². The summed E-state index contributed by atoms with van der Waals surface area (Å²) in [4.78, 5) is 38.2. The van der Waals surface area contributed by atoms with Crippen LogP contribution in [0.5, 0.6) is 0 Å². The predicted octanol–water partition coefficient (Wildman–Crippen LogP) is 5.60. The molecule has 1 fully saturated rings. The number of anilines is 1. The van der Waals surface area contributed by atoms with Crippen molar-refractivity contribution in [3.05, 3.63) is 105 Å². The van der Waals surface area contributed by atoms with Gasteiger partial charge in [0.25, 0.3) is 17.5 Å². The largest absolute Gasteiger partial charge is 0.339 e. The molecule has 0 unspecified atom stereocenters. The monoisotopic (exact) mass is 477 g/mol. The molecular formula is C26H24ClN3O4. The summed E-state index contributed by atoms with van der Waals surface area (Å²) >= 11 is 6.09. The average Bonchev–Trinajstić information content (AvgIpc) is 2.85. The molecule has 34 heavy (non-hydrogen) atoms. The lowest BCUT2D eigenvalue weighted by molar-refractivity contribution is -0.384. The molecule has 0 aliphatic carbocycles. The highest BCUT2D eigenvalue weighted by Crippen LogP contribution is 2.27. The first kappa shape index (κ1) is 23.4. The number of nitrogens with one attached hydrogen (secondary N) is 1. The molecule has 0 radical (unpaired) electrons. The van der Waals surface area contributed by atoms with Crippen LogP contribution in [-0.4, -0.2) is 34.7 Å². The van der Waals surface area contributed by atoms with Crippen LogP contribution in [0.3, 0.4) is 0 Å². The zero-order valence-electron chi connectivity index (χ0n) is 18.4. The van der Waals surface area contributed by atoms with E-state index in [-0.39, 0.29) is 22.2 Å². The fraction of sp³-hybridized carbons (Fsp3) is 0.231. The molecule has 174 valence electrons. The van der Waals surface area contributed by atoms with Crippen molar-refractivity contribution >= 4 is 34.8 Å². The molecular weight excluding hydrogens is 454 g/mol. The third kappa shape index (κ3) is 5.43. The van der Waals surface area contributed by atoms with E-state index < -0.39 is 10.8 Å². The molecule has 0 spiro atoms. The minimum atomic E-state index is -0.579. The molecule has 0 aromatic heterocycles. The molecule has 8 heteroatoms. The van der Waals surface area contributed by atoms with E-state index >= 15 is 0 Å². The van der Waals surface area contributed by atoms with Crippen LogP contribution in [0.1, 0.15) is 39.1 Å². The number of rotatable bonds is 6. The number of nitro benzene ring substituents is 1. The predicted molar refractivity (Wildman–Crippen MR) is 131 cm³/mol. The maximum Gasteiger partial charge on any atom is 0.270 e. The Morgan fingerprint density at radius 3 is 2.32 bits per heavy atom. The van der Waals surface area contributed by atoms with Crippen LogP contribution in [0.25, 0.3) is 0 Å². The van der Waals surface area contributed by atoms with Crippen LogP contribution < -0.4 is 5.32 Å². The highest BCUT2D eigenvalue weighted by molar-refractivity contribution is 6.34. The number of carbonyl (C=O) groups excluding carboxylic acids is 2. The molecule has 1 aliphatic rings. The first-order valence-corrected chi connectivity index (χ1v) is 11.5. The molecule has 1 aliphatic heterocycles. The lowest BCUT2D eigenvalue weighted by Crippen LogP contribution is -2.39. The van der Waals surface area contributed by atoms with Gasteiger partial charge in [-0.3, -0.25) is 19.7 Å². The van der Waals surface area contributed by atoms with Crippen LogP contribution >= 0.6 is 11.6 Å². The summed E-state index contributed by atoms with van der Waals surface area (Å²) in [6.45, 7) is 1.32. The van der Waals surface area contributed by atoms with E-state index in [4.69, 9.17) is 11.6 Å². The summed E-state index contributed by atoms with van der Waals surface area (Å²) in [5, 5.41) is 13.6. The van der Waals surface area contributed by atoms with Crippen LogP contribution in [0, 0.1) is 16.0 Å². The fourth-order valence-electron chi connectivity index (χ4n) is 4.23. The van der Waals surface area contributed by atoms with E-state index in [0.717, 1.165) is 25.3 Å². The molecule has 3 aromatic carbocycles. The van der Waals surface area contributed by atoms with Gasteiger partial charge in [0, 0.05) is 25.2 Å². The lowest BCUT2D eigenvalue weighted by atomic mass is 9.90. The highest BCUT2D eigenvalue weighted by atomic mass is 35.5. The third-order valence-corrected chi connectivity index (χ3v) is 6.40. The number of hydrogen-bond acceptors (Lipinski definition) is 4. The fourth-order valence-corrected chi connectivity index (χ4v) is 4.49. The summed E-state index contributed by atoms with van der Waals surface area (Å²) in [5.41, 5.74) is 1.98. The summed E-state index contributed by atoms with van der Waals surface area (Å²) in [6, 6.07) is 20.9. The molecule has 3 aromatic rings. The number of piperidine rings is 1. The smallest absolute Gasteiger partial charge is 0.270 e. The van der Waals surface area contributed by atoms with E-state index in [0.29, 0.717) is 30.3 Å². The maximum atomic E-state index is 13.3. The quantitative estimate of drug-likeness (QED) is 0.369. The van der Waals surface area contributed by atoms with Crippen molar-refractivity contribution in [2.75, 3.05) is 18.4 Å². The maximum absolute atomic E-state index is 13.3. The van der Waals surface area contributed by atoms with Gasteiger partial charge in [0.2, 0.25) is 0 Å². The Hall–Kier alpha value is -3.71. The Bertz CT molecular complexity index is 1210. The number of likely N-dealkylation sites (tertiary alicyclic amines) is 1. The summed E-state index contributed by atoms with van der Waals surface area (Å²) in [5.74, 6) is -0.142. The van der Waals surface area contributed by atoms with Gasteiger partial charge in [-0.25, -0.2) is 0 Å². The van der Waals surface area contributed by atoms with Gasteiger partial charge in [0.05, 0.1) is 26.8 Å². The number of hydrogen-bond donors (Lipinski definition) is 1. The molecule has 0 atom stereocenters. The second-order valence-corrected chi connectivity index (χ2v) is 8.75. The number of carbonyl (C=O) groups is 2. The Balaban J connectivity index is 1.43. The molecule has 1 N–H and O–H groups in total. The Morgan fingerprint density at radius 1 is 0.971 bits per heavy atom. The normalized spacial score (nSPS) is 14.0. The van der Waals surface area contributed by atoms with E-state index in [1.807, 2.05) is 23.1 Å². The first-order chi connectivity index (χ1) is 16.4. The zero-order valence-corrected chi connectivity index (χ0v) is 19.2. The number of halogens is 1. The van der Waals surface area contributed by atoms with E-state index in [2.05, 4.69) is 17.4 Å². The average molecular weight is 478 g/mol. The Morgan fingerprint density at radius 2 is 1.65 bits per heavy atom. The van der Waals surface area contributed by atoms with Gasteiger partial charge in [-0.05, 0) is 48.9 Å². The Labute approximate surface area is 202 Å². The van der Waals surface area contributed by atoms with Crippen molar-refractivity contribution in [2.45, 2.75) is 19.3 Å². The van der Waals surface area contributed by atoms with Gasteiger partial charge in [0.15, 0.2) is 0 Å². The summed E-state index contributed by atoms with van der Waals surface area (Å²) < 4.78 is 0. The second kappa shape index (κ2) is 10.5. The number of non-ortho nitro benzene ring substituents is 1. The number of amides is 2. The van der Waals surface area contributed by atoms with Crippen molar-refractivity contribution in [1.82, 2.24) is 4.90 Å². The van der Waals surface area contributed by atoms with E-state index in [1.165, 1.54) is 17.7 Å². The number of nitro groups is 1. The summed E-state index contributed by atoms with van der Waals surface area (Å²) in [6.07, 6.45) is 2.85.